The van der Waals surface area contributed by atoms with Crippen molar-refractivity contribution < 1.29 is 61.0 Å². The van der Waals surface area contributed by atoms with E-state index in [0.29, 0.717) is 0 Å². The molecule has 0 aromatic heterocycles. The van der Waals surface area contributed by atoms with Gasteiger partial charge in [0.25, 0.3) is 0 Å². The zero-order chi connectivity index (χ0) is 2.00. The van der Waals surface area contributed by atoms with Gasteiger partial charge in [0.1, 0.15) is 0 Å². The van der Waals surface area contributed by atoms with Crippen LogP contribution in [0.4, 0.5) is 0 Å². The molecule has 1 radical (unpaired) electrons. The number of rotatable bonds is 0. The van der Waals surface area contributed by atoms with Crippen LogP contribution in [-0.4, -0.2) is 22.8 Å². The van der Waals surface area contributed by atoms with Gasteiger partial charge in [-0.3, -0.25) is 0 Å². The molecule has 0 bridgehead atoms. The van der Waals surface area contributed by atoms with Gasteiger partial charge in [-0.2, -0.15) is 0 Å². The van der Waals surface area contributed by atoms with E-state index in [4.69, 9.17) is 0 Å². The van der Waals surface area contributed by atoms with Crippen LogP contribution in [0.1, 0.15) is 0 Å². The second kappa shape index (κ2) is 29.0. The molecule has 0 aromatic rings. The van der Waals surface area contributed by atoms with Crippen molar-refractivity contribution in [3.05, 3.63) is 0 Å². The Balaban J connectivity index is -0.00000000167. The average molecular weight is 268 g/mol. The quantitative estimate of drug-likeness (QED) is 0.371. The van der Waals surface area contributed by atoms with Gasteiger partial charge in [0.15, 0.2) is 17.4 Å². The minimum atomic E-state index is 0. The average Bonchev–Trinajstić information content (AvgIpc) is 1.00. The Morgan fingerprint density at radius 1 is 1.20 bits per heavy atom. The second-order valence-corrected chi connectivity index (χ2v) is 0. The Kier molecular flexibility index (Phi) is 144. The molecule has 0 spiro atoms. The van der Waals surface area contributed by atoms with E-state index in [2.05, 4.69) is 7.23 Å². The van der Waals surface area contributed by atoms with Crippen molar-refractivity contribution in [3.8, 4) is 0 Å². The summed E-state index contributed by atoms with van der Waals surface area (Å²) in [5.74, 6) is 0. The summed E-state index contributed by atoms with van der Waals surface area (Å²) >= 11 is 1.92. The van der Waals surface area contributed by atoms with E-state index in [1.165, 1.54) is 0 Å². The molecular weight excluding hydrogens is 261 g/mol. The topological polar surface area (TPSA) is 31.5 Å². The van der Waals surface area contributed by atoms with Crippen molar-refractivity contribution >= 4 is 24.6 Å². The molecular formula is H7AlLaOPTi. The maximum absolute atomic E-state index is 2.42. The fourth-order valence-electron chi connectivity index (χ4n) is 0. The number of hydrogen-bond acceptors (Lipinski definition) is 0. The first-order valence-corrected chi connectivity index (χ1v) is 3.57. The molecule has 1 nitrogen and oxygen atoms in total. The van der Waals surface area contributed by atoms with Crippen LogP contribution in [0.2, 0.25) is 0 Å². The summed E-state index contributed by atoms with van der Waals surface area (Å²) in [5.41, 5.74) is 0. The Labute approximate surface area is 84.1 Å². The van der Waals surface area contributed by atoms with Crippen LogP contribution in [0.3, 0.4) is 0 Å². The van der Waals surface area contributed by atoms with Crippen molar-refractivity contribution in [2.45, 2.75) is 0 Å². The van der Waals surface area contributed by atoms with Gasteiger partial charge in [0.05, 0.1) is 0 Å². The maximum atomic E-state index is 2.42. The van der Waals surface area contributed by atoms with Crippen LogP contribution in [0.25, 0.3) is 0 Å². The van der Waals surface area contributed by atoms with Gasteiger partial charge in [-0.05, 0) is 0 Å². The van der Waals surface area contributed by atoms with E-state index in [9.17, 15) is 0 Å². The molecule has 0 amide bonds. The normalized spacial score (nSPS) is 0.800. The van der Waals surface area contributed by atoms with Crippen molar-refractivity contribution in [2.24, 2.45) is 0 Å². The Morgan fingerprint density at radius 3 is 1.20 bits per heavy atom. The molecule has 0 aliphatic carbocycles. The van der Waals surface area contributed by atoms with Gasteiger partial charge in [-0.15, -0.1) is 0 Å². The predicted octanol–water partition coefficient (Wildman–Crippen LogP) is -1.69. The fraction of sp³-hybridized carbons (Fsp3) is 0. The minimum absolute atomic E-state index is 0. The van der Waals surface area contributed by atoms with Crippen molar-refractivity contribution in [1.82, 2.24) is 0 Å². The predicted molar refractivity (Wildman–Crippen MR) is 23.3 cm³/mol. The fourth-order valence-corrected chi connectivity index (χ4v) is 0. The van der Waals surface area contributed by atoms with E-state index in [1.54, 1.807) is 0 Å². The first-order chi connectivity index (χ1) is 1.00. The summed E-state index contributed by atoms with van der Waals surface area (Å²) in [7, 11) is 2.42. The monoisotopic (exact) mass is 268 g/mol. The first kappa shape index (κ1) is 24.9. The SMILES string of the molecule is O.[AlH3].[La].[PH2][Ti]. The third-order valence-corrected chi connectivity index (χ3v) is 0. The molecule has 0 aromatic carbocycles. The van der Waals surface area contributed by atoms with Crippen molar-refractivity contribution in [3.63, 3.8) is 0 Å². The van der Waals surface area contributed by atoms with Gasteiger partial charge in [-0.1, -0.05) is 0 Å². The Bertz CT molecular complexity index is 11.6. The van der Waals surface area contributed by atoms with Crippen LogP contribution in [0, 0.1) is 35.6 Å². The van der Waals surface area contributed by atoms with E-state index in [-0.39, 0.29) is 58.4 Å². The van der Waals surface area contributed by atoms with Crippen LogP contribution in [0.5, 0.6) is 0 Å². The molecule has 2 N–H and O–H groups in total. The molecule has 28 valence electrons. The molecule has 0 fully saturated rings. The molecule has 0 aliphatic heterocycles. The first-order valence-electron chi connectivity index (χ1n) is 0.289. The third kappa shape index (κ3) is 19.9. The van der Waals surface area contributed by atoms with E-state index >= 15 is 0 Å². The van der Waals surface area contributed by atoms with Crippen molar-refractivity contribution in [1.29, 1.82) is 0 Å². The summed E-state index contributed by atoms with van der Waals surface area (Å²) in [6.07, 6.45) is 0. The molecule has 1 unspecified atom stereocenters. The van der Waals surface area contributed by atoms with Crippen LogP contribution < -0.4 is 0 Å². The van der Waals surface area contributed by atoms with E-state index in [1.807, 2.05) is 19.9 Å². The van der Waals surface area contributed by atoms with Crippen LogP contribution in [0.15, 0.2) is 0 Å². The van der Waals surface area contributed by atoms with Gasteiger partial charge >= 0.3 is 27.2 Å². The molecule has 0 rings (SSSR count). The van der Waals surface area contributed by atoms with Crippen LogP contribution >= 0.6 is 7.23 Å². The Morgan fingerprint density at radius 2 is 1.20 bits per heavy atom. The summed E-state index contributed by atoms with van der Waals surface area (Å²) in [6.45, 7) is 0. The van der Waals surface area contributed by atoms with E-state index in [0.717, 1.165) is 0 Å². The number of hydrogen-bond donors (Lipinski definition) is 0. The van der Waals surface area contributed by atoms with E-state index < -0.39 is 0 Å². The molecule has 0 aliphatic rings. The third-order valence-electron chi connectivity index (χ3n) is 0. The van der Waals surface area contributed by atoms with Crippen LogP contribution in [-0.2, 0) is 19.9 Å². The van der Waals surface area contributed by atoms with Gasteiger partial charge in [-0.25, -0.2) is 0 Å². The standard InChI is InChI=1S/Al.La.H2O.H2P.Ti.3H/h;;2*1H2;;;;/q;;;-1;+1;;;. The molecule has 0 saturated heterocycles. The molecule has 0 heterocycles. The van der Waals surface area contributed by atoms with Gasteiger partial charge < -0.3 is 5.48 Å². The molecule has 5 heteroatoms. The summed E-state index contributed by atoms with van der Waals surface area (Å²) < 4.78 is 0. The second-order valence-electron chi connectivity index (χ2n) is 0. The zero-order valence-corrected chi connectivity index (χ0v) is 8.50. The summed E-state index contributed by atoms with van der Waals surface area (Å²) in [4.78, 5) is 0. The summed E-state index contributed by atoms with van der Waals surface area (Å²) in [6, 6.07) is 0. The van der Waals surface area contributed by atoms with Gasteiger partial charge in [0.2, 0.25) is 0 Å². The zero-order valence-electron chi connectivity index (χ0n) is 2.15. The summed E-state index contributed by atoms with van der Waals surface area (Å²) in [5, 5.41) is 0. The Hall–Kier alpha value is 2.83. The molecule has 0 saturated carbocycles. The van der Waals surface area contributed by atoms with Gasteiger partial charge in [0, 0.05) is 35.6 Å². The molecule has 5 heavy (non-hydrogen) atoms. The van der Waals surface area contributed by atoms with Crippen molar-refractivity contribution in [2.75, 3.05) is 0 Å². The molecule has 1 atom stereocenters.